The molecule has 152 valence electrons. The maximum Gasteiger partial charge on any atom is 0.343 e. The van der Waals surface area contributed by atoms with Gasteiger partial charge in [-0.15, -0.1) is 0 Å². The number of aliphatic hydroxyl groups is 1. The first-order chi connectivity index (χ1) is 14.3. The monoisotopic (exact) mass is 406 g/mol. The quantitative estimate of drug-likeness (QED) is 0.562. The van der Waals surface area contributed by atoms with E-state index in [0.29, 0.717) is 11.3 Å². The van der Waals surface area contributed by atoms with Crippen molar-refractivity contribution >= 4 is 28.9 Å². The van der Waals surface area contributed by atoms with Crippen molar-refractivity contribution in [1.82, 2.24) is 4.57 Å². The van der Waals surface area contributed by atoms with Crippen LogP contribution < -0.4 is 10.5 Å². The largest absolute Gasteiger partial charge is 0.458 e. The van der Waals surface area contributed by atoms with Crippen LogP contribution in [0.25, 0.3) is 5.57 Å². The van der Waals surface area contributed by atoms with E-state index in [1.54, 1.807) is 32.2 Å². The van der Waals surface area contributed by atoms with Gasteiger partial charge in [0.2, 0.25) is 5.78 Å². The van der Waals surface area contributed by atoms with Gasteiger partial charge >= 0.3 is 5.97 Å². The highest BCUT2D eigenvalue weighted by Gasteiger charge is 2.46. The molecule has 0 saturated carbocycles. The summed E-state index contributed by atoms with van der Waals surface area (Å²) < 4.78 is 6.31. The van der Waals surface area contributed by atoms with Crippen LogP contribution in [0.1, 0.15) is 40.5 Å². The van der Waals surface area contributed by atoms with Crippen LogP contribution in [0.15, 0.2) is 40.7 Å². The number of amides is 1. The van der Waals surface area contributed by atoms with Crippen LogP contribution in [0, 0.1) is 0 Å². The van der Waals surface area contributed by atoms with Gasteiger partial charge in [-0.05, 0) is 18.6 Å². The van der Waals surface area contributed by atoms with Crippen molar-refractivity contribution in [3.63, 3.8) is 0 Å². The Bertz CT molecular complexity index is 1270. The summed E-state index contributed by atoms with van der Waals surface area (Å²) in [4.78, 5) is 52.9. The number of likely N-dealkylation sites (N-methyl/N-ethyl adjacent to an activating group) is 1. The zero-order valence-electron chi connectivity index (χ0n) is 16.4. The first-order valence-corrected chi connectivity index (χ1v) is 9.61. The number of aromatic nitrogens is 1. The van der Waals surface area contributed by atoms with Crippen LogP contribution in [0.3, 0.4) is 0 Å². The van der Waals surface area contributed by atoms with Gasteiger partial charge in [0, 0.05) is 23.7 Å². The third-order valence-electron chi connectivity index (χ3n) is 6.22. The highest BCUT2D eigenvalue weighted by atomic mass is 16.6. The second-order valence-electron chi connectivity index (χ2n) is 7.67. The number of pyridine rings is 1. The van der Waals surface area contributed by atoms with Crippen LogP contribution in [0.4, 0.5) is 5.69 Å². The number of ketones is 1. The molecule has 0 bridgehead atoms. The van der Waals surface area contributed by atoms with Crippen molar-refractivity contribution in [2.24, 2.45) is 0 Å². The van der Waals surface area contributed by atoms with E-state index in [2.05, 4.69) is 0 Å². The molecule has 8 heteroatoms. The first kappa shape index (κ1) is 18.5. The van der Waals surface area contributed by atoms with Crippen LogP contribution in [0.2, 0.25) is 0 Å². The van der Waals surface area contributed by atoms with E-state index < -0.39 is 22.9 Å². The third-order valence-corrected chi connectivity index (χ3v) is 6.22. The van der Waals surface area contributed by atoms with E-state index in [-0.39, 0.29) is 53.4 Å². The van der Waals surface area contributed by atoms with Crippen LogP contribution in [-0.4, -0.2) is 34.4 Å². The normalized spacial score (nSPS) is 24.6. The number of nitrogens with zero attached hydrogens (tertiary/aromatic N) is 2. The SMILES string of the molecule is CC[C@@]1(O)C(=O)OCc2c1cc1n(c2=O)C/C(=C2/C(=O)N(C)c3ccccc32)C1=O. The Labute approximate surface area is 171 Å². The highest BCUT2D eigenvalue weighted by molar-refractivity contribution is 6.37. The number of hydrogen-bond acceptors (Lipinski definition) is 6. The lowest BCUT2D eigenvalue weighted by Crippen LogP contribution is -2.44. The van der Waals surface area contributed by atoms with Gasteiger partial charge < -0.3 is 19.3 Å². The number of benzene rings is 1. The molecule has 1 aromatic carbocycles. The van der Waals surface area contributed by atoms with Gasteiger partial charge in [-0.1, -0.05) is 25.1 Å². The second-order valence-corrected chi connectivity index (χ2v) is 7.67. The molecule has 0 aliphatic carbocycles. The predicted molar refractivity (Wildman–Crippen MR) is 106 cm³/mol. The molecule has 0 unspecified atom stereocenters. The summed E-state index contributed by atoms with van der Waals surface area (Å²) in [5.41, 5.74) is -0.331. The summed E-state index contributed by atoms with van der Waals surface area (Å²) in [5, 5.41) is 10.8. The van der Waals surface area contributed by atoms with Crippen LogP contribution in [-0.2, 0) is 33.1 Å². The Morgan fingerprint density at radius 1 is 1.17 bits per heavy atom. The fourth-order valence-electron chi connectivity index (χ4n) is 4.48. The third kappa shape index (κ3) is 2.14. The minimum absolute atomic E-state index is 0.000515. The van der Waals surface area contributed by atoms with Gasteiger partial charge in [0.1, 0.15) is 6.61 Å². The molecule has 1 amide bonds. The molecule has 0 radical (unpaired) electrons. The fraction of sp³-hybridized carbons (Fsp3) is 0.273. The number of esters is 1. The fourth-order valence-corrected chi connectivity index (χ4v) is 4.48. The number of fused-ring (bicyclic) bond motifs is 3. The molecule has 8 nitrogen and oxygen atoms in total. The molecule has 5 rings (SSSR count). The summed E-state index contributed by atoms with van der Waals surface area (Å²) >= 11 is 0. The topological polar surface area (TPSA) is 106 Å². The van der Waals surface area contributed by atoms with E-state index in [4.69, 9.17) is 4.74 Å². The standard InChI is InChI=1S/C22H18N2O6/c1-3-22(29)14-8-16-18(25)12(9-24(16)19(26)13(14)10-30-21(22)28)17-11-6-4-5-7-15(11)23(2)20(17)27/h4-8,29H,3,9-10H2,1-2H3/b17-12-/t22-/m0/s1. The number of carbonyl (C=O) groups is 3. The minimum Gasteiger partial charge on any atom is -0.458 e. The van der Waals surface area contributed by atoms with E-state index in [1.807, 2.05) is 6.07 Å². The van der Waals surface area contributed by atoms with Gasteiger partial charge in [-0.25, -0.2) is 4.79 Å². The predicted octanol–water partition coefficient (Wildman–Crippen LogP) is 1.13. The maximum absolute atomic E-state index is 13.3. The lowest BCUT2D eigenvalue weighted by atomic mass is 9.86. The van der Waals surface area contributed by atoms with Crippen LogP contribution >= 0.6 is 0 Å². The van der Waals surface area contributed by atoms with Crippen molar-refractivity contribution in [3.05, 3.63) is 68.6 Å². The lowest BCUT2D eigenvalue weighted by molar-refractivity contribution is -0.172. The summed E-state index contributed by atoms with van der Waals surface area (Å²) in [5.74, 6) is -1.61. The average Bonchev–Trinajstić information content (AvgIpc) is 3.20. The number of ether oxygens (including phenoxy) is 1. The molecule has 0 saturated heterocycles. The zero-order chi connectivity index (χ0) is 21.4. The van der Waals surface area contributed by atoms with E-state index in [0.717, 1.165) is 0 Å². The Morgan fingerprint density at radius 2 is 1.90 bits per heavy atom. The van der Waals surface area contributed by atoms with Gasteiger partial charge in [0.05, 0.1) is 29.1 Å². The van der Waals surface area contributed by atoms with Crippen molar-refractivity contribution in [2.75, 3.05) is 11.9 Å². The van der Waals surface area contributed by atoms with Gasteiger partial charge in [0.25, 0.3) is 11.5 Å². The van der Waals surface area contributed by atoms with E-state index in [1.165, 1.54) is 15.5 Å². The van der Waals surface area contributed by atoms with Crippen molar-refractivity contribution in [1.29, 1.82) is 0 Å². The van der Waals surface area contributed by atoms with Gasteiger partial charge in [-0.2, -0.15) is 0 Å². The summed E-state index contributed by atoms with van der Waals surface area (Å²) in [6, 6.07) is 8.55. The number of anilines is 1. The molecule has 1 aromatic heterocycles. The molecule has 3 aliphatic heterocycles. The second kappa shape index (κ2) is 5.99. The molecule has 1 N–H and O–H groups in total. The Kier molecular flexibility index (Phi) is 3.70. The molecular weight excluding hydrogens is 388 g/mol. The molecule has 0 spiro atoms. The molecule has 3 aliphatic rings. The number of allylic oxidation sites excluding steroid dienone is 1. The van der Waals surface area contributed by atoms with Crippen molar-refractivity contribution in [3.8, 4) is 0 Å². The minimum atomic E-state index is -1.98. The molecule has 2 aromatic rings. The van der Waals surface area contributed by atoms with Gasteiger partial charge in [-0.3, -0.25) is 14.4 Å². The number of para-hydroxylation sites is 1. The molecular formula is C22H18N2O6. The lowest BCUT2D eigenvalue weighted by Gasteiger charge is -2.31. The Balaban J connectivity index is 1.74. The number of hydrogen-bond donors (Lipinski definition) is 1. The smallest absolute Gasteiger partial charge is 0.343 e. The molecule has 1 atom stereocenters. The average molecular weight is 406 g/mol. The first-order valence-electron chi connectivity index (χ1n) is 9.61. The highest BCUT2D eigenvalue weighted by Crippen LogP contribution is 2.41. The zero-order valence-corrected chi connectivity index (χ0v) is 16.4. The maximum atomic E-state index is 13.3. The number of cyclic esters (lactones) is 1. The molecule has 4 heterocycles. The van der Waals surface area contributed by atoms with Crippen molar-refractivity contribution < 1.29 is 24.2 Å². The Morgan fingerprint density at radius 3 is 2.63 bits per heavy atom. The van der Waals surface area contributed by atoms with Crippen molar-refractivity contribution in [2.45, 2.75) is 32.1 Å². The van der Waals surface area contributed by atoms with E-state index in [9.17, 15) is 24.3 Å². The number of Topliss-reactive ketones (excluding diaryl/α,β-unsaturated/α-hetero) is 1. The summed E-state index contributed by atoms with van der Waals surface area (Å²) in [7, 11) is 1.64. The molecule has 30 heavy (non-hydrogen) atoms. The number of rotatable bonds is 1. The van der Waals surface area contributed by atoms with Gasteiger partial charge in [0.15, 0.2) is 5.60 Å². The number of carbonyl (C=O) groups excluding carboxylic acids is 3. The Hall–Kier alpha value is -3.52. The summed E-state index contributed by atoms with van der Waals surface area (Å²) in [6.07, 6.45) is 0.000515. The summed E-state index contributed by atoms with van der Waals surface area (Å²) in [6.45, 7) is 1.28. The van der Waals surface area contributed by atoms with E-state index >= 15 is 0 Å². The molecule has 0 fully saturated rings. The van der Waals surface area contributed by atoms with Crippen LogP contribution in [0.5, 0.6) is 0 Å².